The van der Waals surface area contributed by atoms with Crippen LogP contribution in [-0.4, -0.2) is 82.5 Å². The number of halogens is 2. The first kappa shape index (κ1) is 29.7. The second-order valence-electron chi connectivity index (χ2n) is 11.8. The van der Waals surface area contributed by atoms with Crippen LogP contribution in [0.1, 0.15) is 64.9 Å². The van der Waals surface area contributed by atoms with Crippen LogP contribution in [0.5, 0.6) is 0 Å². The number of nitrogens with one attached hydrogen (secondary N) is 1. The van der Waals surface area contributed by atoms with Gasteiger partial charge in [-0.15, -0.1) is 0 Å². The predicted octanol–water partition coefficient (Wildman–Crippen LogP) is 5.20. The van der Waals surface area contributed by atoms with E-state index in [1.54, 1.807) is 17.8 Å². The molecule has 0 bridgehead atoms. The molecule has 2 N–H and O–H groups in total. The van der Waals surface area contributed by atoms with Crippen LogP contribution < -0.4 is 10.2 Å². The number of hydrogen-bond acceptors (Lipinski definition) is 10. The van der Waals surface area contributed by atoms with Gasteiger partial charge in [-0.25, -0.2) is 23.7 Å². The van der Waals surface area contributed by atoms with Gasteiger partial charge in [0.05, 0.1) is 31.9 Å². The van der Waals surface area contributed by atoms with Crippen molar-refractivity contribution in [3.8, 4) is 0 Å². The van der Waals surface area contributed by atoms with Crippen molar-refractivity contribution in [2.45, 2.75) is 101 Å². The van der Waals surface area contributed by atoms with E-state index < -0.39 is 17.4 Å². The molecule has 9 nitrogen and oxygen atoms in total. The van der Waals surface area contributed by atoms with Crippen LogP contribution in [0.2, 0.25) is 0 Å². The van der Waals surface area contributed by atoms with E-state index >= 15 is 0 Å². The zero-order valence-corrected chi connectivity index (χ0v) is 25.3. The highest BCUT2D eigenvalue weighted by atomic mass is 32.2. The molecule has 0 radical (unpaired) electrons. The second-order valence-corrected chi connectivity index (χ2v) is 12.9. The molecule has 2 aromatic rings. The summed E-state index contributed by atoms with van der Waals surface area (Å²) in [4.78, 5) is 17.2. The first-order valence-corrected chi connectivity index (χ1v) is 15.9. The normalized spacial score (nSPS) is 29.3. The summed E-state index contributed by atoms with van der Waals surface area (Å²) in [6, 6.07) is 4.05. The van der Waals surface area contributed by atoms with Crippen molar-refractivity contribution >= 4 is 34.8 Å². The maximum atomic E-state index is 13.9. The van der Waals surface area contributed by atoms with Gasteiger partial charge in [-0.3, -0.25) is 0 Å². The van der Waals surface area contributed by atoms with Crippen LogP contribution >= 0.6 is 11.8 Å². The van der Waals surface area contributed by atoms with Crippen molar-refractivity contribution in [2.24, 2.45) is 4.99 Å². The Morgan fingerprint density at radius 1 is 1.14 bits per heavy atom. The van der Waals surface area contributed by atoms with Crippen LogP contribution in [0.3, 0.4) is 0 Å². The second kappa shape index (κ2) is 12.0. The van der Waals surface area contributed by atoms with Crippen LogP contribution in [0, 0.1) is 11.6 Å². The SMILES string of the molecule is CCCSc1nc(NC2CC2c2ccc(F)c(F)c2)c2c(n1)N(C1CC(OCCO)C3OC(C)(C)OC31)CC(CC)=N2. The van der Waals surface area contributed by atoms with Gasteiger partial charge >= 0.3 is 0 Å². The third kappa shape index (κ3) is 5.88. The van der Waals surface area contributed by atoms with Gasteiger partial charge in [0, 0.05) is 23.4 Å². The van der Waals surface area contributed by atoms with Gasteiger partial charge in [-0.2, -0.15) is 0 Å². The number of aliphatic hydroxyl groups excluding tert-OH is 1. The number of aliphatic imine (C=N–C) groups is 1. The van der Waals surface area contributed by atoms with Gasteiger partial charge in [0.2, 0.25) is 0 Å². The minimum atomic E-state index is -0.842. The summed E-state index contributed by atoms with van der Waals surface area (Å²) in [5.74, 6) is -0.107. The molecule has 1 aromatic heterocycles. The summed E-state index contributed by atoms with van der Waals surface area (Å²) >= 11 is 1.60. The lowest BCUT2D eigenvalue weighted by Gasteiger charge is -2.37. The fourth-order valence-electron chi connectivity index (χ4n) is 6.24. The lowest BCUT2D eigenvalue weighted by molar-refractivity contribution is -0.168. The zero-order chi connectivity index (χ0) is 29.6. The Balaban J connectivity index is 1.34. The van der Waals surface area contributed by atoms with Crippen LogP contribution in [0.4, 0.5) is 26.1 Å². The molecule has 3 fully saturated rings. The summed E-state index contributed by atoms with van der Waals surface area (Å²) in [6.45, 7) is 8.81. The molecule has 228 valence electrons. The van der Waals surface area contributed by atoms with E-state index in [1.165, 1.54) is 12.1 Å². The number of fused-ring (bicyclic) bond motifs is 2. The number of hydrogen-bond donors (Lipinski definition) is 2. The number of benzene rings is 1. The first-order chi connectivity index (χ1) is 20.2. The molecule has 42 heavy (non-hydrogen) atoms. The number of anilines is 2. The van der Waals surface area contributed by atoms with E-state index in [0.29, 0.717) is 29.6 Å². The van der Waals surface area contributed by atoms with Crippen LogP contribution in [0.25, 0.3) is 0 Å². The maximum Gasteiger partial charge on any atom is 0.191 e. The molecule has 3 heterocycles. The van der Waals surface area contributed by atoms with Gasteiger partial charge in [0.15, 0.2) is 34.2 Å². The predicted molar refractivity (Wildman–Crippen MR) is 158 cm³/mol. The minimum Gasteiger partial charge on any atom is -0.394 e. The van der Waals surface area contributed by atoms with E-state index in [0.717, 1.165) is 42.1 Å². The third-order valence-electron chi connectivity index (χ3n) is 8.27. The van der Waals surface area contributed by atoms with E-state index in [-0.39, 0.29) is 49.5 Å². The average molecular weight is 604 g/mol. The highest BCUT2D eigenvalue weighted by molar-refractivity contribution is 7.99. The number of aliphatic hydroxyl groups is 1. The molecular formula is C30H39F2N5O4S. The topological polar surface area (TPSA) is 101 Å². The number of ether oxygens (including phenoxy) is 3. The number of rotatable bonds is 11. The molecule has 2 aliphatic carbocycles. The van der Waals surface area contributed by atoms with Crippen molar-refractivity contribution in [2.75, 3.05) is 35.7 Å². The van der Waals surface area contributed by atoms with Gasteiger partial charge in [0.1, 0.15) is 17.9 Å². The van der Waals surface area contributed by atoms with E-state index in [2.05, 4.69) is 24.1 Å². The lowest BCUT2D eigenvalue weighted by Crippen LogP contribution is -2.47. The van der Waals surface area contributed by atoms with Crippen molar-refractivity contribution in [1.29, 1.82) is 0 Å². The molecule has 0 amide bonds. The highest BCUT2D eigenvalue weighted by Crippen LogP contribution is 2.49. The Morgan fingerprint density at radius 2 is 1.95 bits per heavy atom. The molecule has 6 atom stereocenters. The van der Waals surface area contributed by atoms with Gasteiger partial charge < -0.3 is 29.5 Å². The van der Waals surface area contributed by atoms with E-state index in [1.807, 2.05) is 13.8 Å². The Kier molecular flexibility index (Phi) is 8.45. The fourth-order valence-corrected chi connectivity index (χ4v) is 6.93. The summed E-state index contributed by atoms with van der Waals surface area (Å²) in [6.07, 6.45) is 2.45. The summed E-state index contributed by atoms with van der Waals surface area (Å²) in [7, 11) is 0. The number of aromatic nitrogens is 2. The monoisotopic (exact) mass is 603 g/mol. The molecular weight excluding hydrogens is 564 g/mol. The number of thioether (sulfide) groups is 1. The largest absolute Gasteiger partial charge is 0.394 e. The molecule has 1 saturated heterocycles. The maximum absolute atomic E-state index is 13.9. The summed E-state index contributed by atoms with van der Waals surface area (Å²) in [5, 5.41) is 13.7. The molecule has 6 rings (SSSR count). The van der Waals surface area contributed by atoms with Crippen molar-refractivity contribution < 1.29 is 28.1 Å². The Labute approximate surface area is 249 Å². The fraction of sp³-hybridized carbons (Fsp3) is 0.633. The minimum absolute atomic E-state index is 0.0213. The Morgan fingerprint density at radius 3 is 2.69 bits per heavy atom. The molecule has 2 aliphatic heterocycles. The summed E-state index contributed by atoms with van der Waals surface area (Å²) in [5.41, 5.74) is 2.45. The van der Waals surface area contributed by atoms with Crippen molar-refractivity contribution in [3.63, 3.8) is 0 Å². The first-order valence-electron chi connectivity index (χ1n) is 14.9. The molecule has 0 spiro atoms. The van der Waals surface area contributed by atoms with E-state index in [4.69, 9.17) is 29.2 Å². The quantitative estimate of drug-likeness (QED) is 0.265. The standard InChI is InChI=1S/C30H39F2N5O4S/c1-5-11-42-29-35-27(34-21-13-18(21)16-7-8-19(31)20(32)12-16)24-28(36-29)37(15-17(6-2)33-24)22-14-23(39-10-9-38)26-25(22)40-30(3,4)41-26/h7-8,12,18,21-23,25-26,38H,5-6,9-11,13-15H2,1-4H3,(H,34,35,36). The molecule has 1 aromatic carbocycles. The smallest absolute Gasteiger partial charge is 0.191 e. The highest BCUT2D eigenvalue weighted by Gasteiger charge is 2.57. The lowest BCUT2D eigenvalue weighted by atomic mass is 10.1. The third-order valence-corrected chi connectivity index (χ3v) is 9.33. The Bertz CT molecular complexity index is 1350. The van der Waals surface area contributed by atoms with Crippen molar-refractivity contribution in [3.05, 3.63) is 35.4 Å². The van der Waals surface area contributed by atoms with Gasteiger partial charge in [-0.1, -0.05) is 31.7 Å². The molecule has 6 unspecified atom stereocenters. The average Bonchev–Trinajstić information content (AvgIpc) is 3.56. The molecule has 4 aliphatic rings. The Hall–Kier alpha value is -2.38. The van der Waals surface area contributed by atoms with Gasteiger partial charge in [0.25, 0.3) is 0 Å². The number of nitrogens with zero attached hydrogens (tertiary/aromatic N) is 4. The molecule has 2 saturated carbocycles. The van der Waals surface area contributed by atoms with Crippen LogP contribution in [0.15, 0.2) is 28.3 Å². The zero-order valence-electron chi connectivity index (χ0n) is 24.5. The van der Waals surface area contributed by atoms with E-state index in [9.17, 15) is 13.9 Å². The van der Waals surface area contributed by atoms with Gasteiger partial charge in [-0.05, 0) is 57.2 Å². The summed E-state index contributed by atoms with van der Waals surface area (Å²) < 4.78 is 46.3. The molecule has 12 heteroatoms. The van der Waals surface area contributed by atoms with Crippen LogP contribution in [-0.2, 0) is 14.2 Å². The van der Waals surface area contributed by atoms with Crippen molar-refractivity contribution in [1.82, 2.24) is 9.97 Å².